The average molecular weight is 440 g/mol. The van der Waals surface area contributed by atoms with E-state index in [1.807, 2.05) is 25.1 Å². The molecule has 2 aromatic carbocycles. The third-order valence-corrected chi connectivity index (χ3v) is 6.36. The van der Waals surface area contributed by atoms with Crippen LogP contribution in [-0.2, 0) is 17.9 Å². The Labute approximate surface area is 192 Å². The molecule has 0 bridgehead atoms. The number of piperidine rings is 1. The lowest BCUT2D eigenvalue weighted by Gasteiger charge is -2.36. The Balaban J connectivity index is 1.41. The molecular weight excluding hydrogens is 402 g/mol. The van der Waals surface area contributed by atoms with Gasteiger partial charge in [0, 0.05) is 19.6 Å². The van der Waals surface area contributed by atoms with E-state index < -0.39 is 0 Å². The molecule has 1 heterocycles. The molecule has 1 aliphatic heterocycles. The average Bonchev–Trinajstić information content (AvgIpc) is 2.82. The number of likely N-dealkylation sites (tertiary alicyclic amines) is 1. The lowest BCUT2D eigenvalue weighted by Crippen LogP contribution is -2.48. The maximum atomic E-state index is 12.7. The minimum absolute atomic E-state index is 0.0689. The zero-order valence-corrected chi connectivity index (χ0v) is 19.8. The maximum Gasteiger partial charge on any atom is 0.237 e. The van der Waals surface area contributed by atoms with Gasteiger partial charge in [0.25, 0.3) is 0 Å². The van der Waals surface area contributed by atoms with Crippen molar-refractivity contribution in [1.82, 2.24) is 15.1 Å². The van der Waals surface area contributed by atoms with Crippen molar-refractivity contribution in [3.63, 3.8) is 0 Å². The Morgan fingerprint density at radius 1 is 1.06 bits per heavy atom. The second-order valence-corrected chi connectivity index (χ2v) is 8.74. The number of benzene rings is 2. The molecule has 1 atom stereocenters. The van der Waals surface area contributed by atoms with Crippen LogP contribution in [0.3, 0.4) is 0 Å². The first-order valence-corrected chi connectivity index (χ1v) is 11.4. The van der Waals surface area contributed by atoms with Gasteiger partial charge < -0.3 is 19.7 Å². The lowest BCUT2D eigenvalue weighted by atomic mass is 9.95. The van der Waals surface area contributed by atoms with Crippen LogP contribution < -0.4 is 14.8 Å². The highest BCUT2D eigenvalue weighted by Gasteiger charge is 2.27. The molecule has 0 saturated carbocycles. The molecule has 1 amide bonds. The van der Waals surface area contributed by atoms with Crippen molar-refractivity contribution in [2.75, 3.05) is 40.9 Å². The van der Waals surface area contributed by atoms with E-state index in [9.17, 15) is 4.79 Å². The van der Waals surface area contributed by atoms with E-state index in [1.54, 1.807) is 14.2 Å². The Morgan fingerprint density at radius 3 is 2.41 bits per heavy atom. The molecule has 0 aliphatic carbocycles. The highest BCUT2D eigenvalue weighted by atomic mass is 16.5. The molecule has 174 valence electrons. The minimum Gasteiger partial charge on any atom is -0.493 e. The summed E-state index contributed by atoms with van der Waals surface area (Å²) < 4.78 is 10.6. The number of amides is 1. The molecule has 1 aliphatic rings. The number of carbonyl (C=O) groups is 1. The molecule has 3 rings (SSSR count). The fourth-order valence-corrected chi connectivity index (χ4v) is 4.42. The molecule has 1 saturated heterocycles. The number of hydrogen-bond acceptors (Lipinski definition) is 5. The SMILES string of the molecule is COc1ccc(CNC(=O)C(C)N2CCC(CN(C)Cc3ccccc3)CC2)cc1OC. The first-order chi connectivity index (χ1) is 15.5. The van der Waals surface area contributed by atoms with Gasteiger partial charge in [-0.15, -0.1) is 0 Å². The monoisotopic (exact) mass is 439 g/mol. The molecule has 1 N–H and O–H groups in total. The summed E-state index contributed by atoms with van der Waals surface area (Å²) in [6.07, 6.45) is 2.26. The van der Waals surface area contributed by atoms with Crippen LogP contribution >= 0.6 is 0 Å². The summed E-state index contributed by atoms with van der Waals surface area (Å²) in [5, 5.41) is 3.07. The zero-order chi connectivity index (χ0) is 22.9. The summed E-state index contributed by atoms with van der Waals surface area (Å²) in [6.45, 7) is 6.50. The van der Waals surface area contributed by atoms with Crippen molar-refractivity contribution in [2.45, 2.75) is 38.9 Å². The van der Waals surface area contributed by atoms with Crippen molar-refractivity contribution < 1.29 is 14.3 Å². The Morgan fingerprint density at radius 2 is 1.75 bits per heavy atom. The van der Waals surface area contributed by atoms with Crippen LogP contribution in [0.4, 0.5) is 0 Å². The number of methoxy groups -OCH3 is 2. The minimum atomic E-state index is -0.127. The van der Waals surface area contributed by atoms with Crippen molar-refractivity contribution in [3.05, 3.63) is 59.7 Å². The second-order valence-electron chi connectivity index (χ2n) is 8.74. The molecule has 2 aromatic rings. The molecule has 0 aromatic heterocycles. The summed E-state index contributed by atoms with van der Waals surface area (Å²) in [7, 11) is 5.43. The van der Waals surface area contributed by atoms with Gasteiger partial charge in [-0.2, -0.15) is 0 Å². The van der Waals surface area contributed by atoms with Crippen LogP contribution in [0.1, 0.15) is 30.9 Å². The van der Waals surface area contributed by atoms with Crippen LogP contribution in [0.2, 0.25) is 0 Å². The van der Waals surface area contributed by atoms with Crippen LogP contribution in [-0.4, -0.2) is 62.7 Å². The predicted octanol–water partition coefficient (Wildman–Crippen LogP) is 3.55. The smallest absolute Gasteiger partial charge is 0.237 e. The van der Waals surface area contributed by atoms with E-state index >= 15 is 0 Å². The van der Waals surface area contributed by atoms with Gasteiger partial charge in [0.05, 0.1) is 20.3 Å². The molecular formula is C26H37N3O3. The maximum absolute atomic E-state index is 12.7. The van der Waals surface area contributed by atoms with Crippen molar-refractivity contribution in [3.8, 4) is 11.5 Å². The number of ether oxygens (including phenoxy) is 2. The fourth-order valence-electron chi connectivity index (χ4n) is 4.42. The molecule has 32 heavy (non-hydrogen) atoms. The van der Waals surface area contributed by atoms with Gasteiger partial charge in [-0.05, 0) is 69.1 Å². The Bertz CT molecular complexity index is 851. The Hall–Kier alpha value is -2.57. The second kappa shape index (κ2) is 11.9. The van der Waals surface area contributed by atoms with Gasteiger partial charge in [-0.1, -0.05) is 36.4 Å². The van der Waals surface area contributed by atoms with Crippen molar-refractivity contribution in [2.24, 2.45) is 5.92 Å². The molecule has 1 unspecified atom stereocenters. The van der Waals surface area contributed by atoms with Crippen molar-refractivity contribution >= 4 is 5.91 Å². The number of nitrogens with zero attached hydrogens (tertiary/aromatic N) is 2. The van der Waals surface area contributed by atoms with Gasteiger partial charge in [0.15, 0.2) is 11.5 Å². The van der Waals surface area contributed by atoms with Gasteiger partial charge >= 0.3 is 0 Å². The highest BCUT2D eigenvalue weighted by molar-refractivity contribution is 5.81. The summed E-state index contributed by atoms with van der Waals surface area (Å²) in [4.78, 5) is 17.5. The first-order valence-electron chi connectivity index (χ1n) is 11.4. The molecule has 0 spiro atoms. The number of nitrogens with one attached hydrogen (secondary N) is 1. The van der Waals surface area contributed by atoms with Gasteiger partial charge in [-0.3, -0.25) is 9.69 Å². The van der Waals surface area contributed by atoms with Gasteiger partial charge in [-0.25, -0.2) is 0 Å². The lowest BCUT2D eigenvalue weighted by molar-refractivity contribution is -0.126. The van der Waals surface area contributed by atoms with E-state index in [2.05, 4.69) is 52.5 Å². The third-order valence-electron chi connectivity index (χ3n) is 6.36. The van der Waals surface area contributed by atoms with Crippen LogP contribution in [0.5, 0.6) is 11.5 Å². The van der Waals surface area contributed by atoms with E-state index in [4.69, 9.17) is 9.47 Å². The van der Waals surface area contributed by atoms with Gasteiger partial charge in [0.1, 0.15) is 0 Å². The van der Waals surface area contributed by atoms with E-state index in [1.165, 1.54) is 5.56 Å². The van der Waals surface area contributed by atoms with Gasteiger partial charge in [0.2, 0.25) is 5.91 Å². The predicted molar refractivity (Wildman–Crippen MR) is 128 cm³/mol. The normalized spacial score (nSPS) is 16.0. The quantitative estimate of drug-likeness (QED) is 0.614. The van der Waals surface area contributed by atoms with Crippen LogP contribution in [0.25, 0.3) is 0 Å². The molecule has 6 heteroatoms. The summed E-state index contributed by atoms with van der Waals surface area (Å²) in [6, 6.07) is 16.2. The molecule has 0 radical (unpaired) electrons. The fraction of sp³-hybridized carbons (Fsp3) is 0.500. The van der Waals surface area contributed by atoms with E-state index in [0.29, 0.717) is 24.0 Å². The number of hydrogen-bond donors (Lipinski definition) is 1. The first kappa shape index (κ1) is 24.1. The van der Waals surface area contributed by atoms with Crippen LogP contribution in [0.15, 0.2) is 48.5 Å². The largest absolute Gasteiger partial charge is 0.493 e. The zero-order valence-electron chi connectivity index (χ0n) is 19.8. The number of rotatable bonds is 10. The number of carbonyl (C=O) groups excluding carboxylic acids is 1. The highest BCUT2D eigenvalue weighted by Crippen LogP contribution is 2.27. The molecule has 6 nitrogen and oxygen atoms in total. The molecule has 1 fully saturated rings. The summed E-state index contributed by atoms with van der Waals surface area (Å²) in [5.41, 5.74) is 2.34. The standard InChI is InChI=1S/C26H37N3O3/c1-20(26(30)27-17-23-10-11-24(31-3)25(16-23)32-4)29-14-12-22(13-15-29)19-28(2)18-21-8-6-5-7-9-21/h5-11,16,20,22H,12-15,17-19H2,1-4H3,(H,27,30). The topological polar surface area (TPSA) is 54.0 Å². The van der Waals surface area contributed by atoms with Crippen molar-refractivity contribution in [1.29, 1.82) is 0 Å². The summed E-state index contributed by atoms with van der Waals surface area (Å²) >= 11 is 0. The van der Waals surface area contributed by atoms with E-state index in [0.717, 1.165) is 44.6 Å². The Kier molecular flexibility index (Phi) is 8.94. The third kappa shape index (κ3) is 6.71. The van der Waals surface area contributed by atoms with E-state index in [-0.39, 0.29) is 11.9 Å². The summed E-state index contributed by atoms with van der Waals surface area (Å²) in [5.74, 6) is 2.11. The van der Waals surface area contributed by atoms with Crippen LogP contribution in [0, 0.1) is 5.92 Å².